The molecule has 32 heavy (non-hydrogen) atoms. The number of aryl methyl sites for hydroxylation is 1. The fourth-order valence-electron chi connectivity index (χ4n) is 5.77. The second-order valence-electron chi connectivity index (χ2n) is 9.22. The van der Waals surface area contributed by atoms with Crippen LogP contribution in [0.3, 0.4) is 0 Å². The van der Waals surface area contributed by atoms with E-state index in [0.717, 1.165) is 78.5 Å². The van der Waals surface area contributed by atoms with Crippen LogP contribution in [0.15, 0.2) is 18.5 Å². The van der Waals surface area contributed by atoms with Gasteiger partial charge in [-0.25, -0.2) is 23.4 Å². The van der Waals surface area contributed by atoms with Crippen molar-refractivity contribution in [2.45, 2.75) is 62.8 Å². The van der Waals surface area contributed by atoms with Crippen molar-refractivity contribution in [3.63, 3.8) is 0 Å². The van der Waals surface area contributed by atoms with Gasteiger partial charge in [-0.3, -0.25) is 4.90 Å². The first-order valence-corrected chi connectivity index (χ1v) is 12.8. The molecular formula is C23H31N5O3S. The average Bonchev–Trinajstić information content (AvgIpc) is 3.28. The Labute approximate surface area is 189 Å². The Balaban J connectivity index is 1.40. The molecule has 3 aromatic heterocycles. The summed E-state index contributed by atoms with van der Waals surface area (Å²) in [6, 6.07) is 2.04. The quantitative estimate of drug-likeness (QED) is 0.568. The maximum absolute atomic E-state index is 12.3. The summed E-state index contributed by atoms with van der Waals surface area (Å²) in [5, 5.41) is 1.74. The van der Waals surface area contributed by atoms with Crippen LogP contribution in [0.4, 0.5) is 0 Å². The van der Waals surface area contributed by atoms with Gasteiger partial charge < -0.3 is 9.72 Å². The summed E-state index contributed by atoms with van der Waals surface area (Å²) < 4.78 is 30.1. The first kappa shape index (κ1) is 21.7. The molecule has 172 valence electrons. The van der Waals surface area contributed by atoms with Gasteiger partial charge in [-0.05, 0) is 64.0 Å². The number of hydrogen-bond donors (Lipinski definition) is 2. The van der Waals surface area contributed by atoms with Crippen LogP contribution in [0.2, 0.25) is 0 Å². The number of piperidine rings is 1. The van der Waals surface area contributed by atoms with Gasteiger partial charge in [-0.2, -0.15) is 0 Å². The smallest absolute Gasteiger partial charge is 0.156 e. The number of thiol groups is 1. The molecule has 2 unspecified atom stereocenters. The topological polar surface area (TPSA) is 101 Å². The van der Waals surface area contributed by atoms with Crippen molar-refractivity contribution in [3.8, 4) is 0 Å². The van der Waals surface area contributed by atoms with E-state index in [1.54, 1.807) is 7.11 Å². The van der Waals surface area contributed by atoms with E-state index in [2.05, 4.69) is 19.9 Å². The van der Waals surface area contributed by atoms with Gasteiger partial charge in [0, 0.05) is 36.5 Å². The summed E-state index contributed by atoms with van der Waals surface area (Å²) in [5.41, 5.74) is 2.81. The molecule has 8 nitrogen and oxygen atoms in total. The molecule has 1 saturated carbocycles. The van der Waals surface area contributed by atoms with Crippen LogP contribution in [-0.4, -0.2) is 64.9 Å². The van der Waals surface area contributed by atoms with E-state index in [-0.39, 0.29) is 12.0 Å². The zero-order valence-corrected chi connectivity index (χ0v) is 19.6. The van der Waals surface area contributed by atoms with Crippen LogP contribution < -0.4 is 0 Å². The van der Waals surface area contributed by atoms with Crippen LogP contribution in [0.5, 0.6) is 0 Å². The summed E-state index contributed by atoms with van der Waals surface area (Å²) >= 11 is 0. The van der Waals surface area contributed by atoms with Crippen molar-refractivity contribution in [1.82, 2.24) is 24.8 Å². The maximum Gasteiger partial charge on any atom is 0.156 e. The number of aromatic nitrogens is 4. The van der Waals surface area contributed by atoms with Gasteiger partial charge in [-0.1, -0.05) is 0 Å². The first-order chi connectivity index (χ1) is 15.5. The first-order valence-electron chi connectivity index (χ1n) is 11.6. The number of likely N-dealkylation sites (tertiary alicyclic amines) is 1. The molecule has 1 aliphatic heterocycles. The fraction of sp³-hybridized carbons (Fsp3) is 0.609. The third kappa shape index (κ3) is 4.02. The number of nitrogens with zero attached hydrogens (tertiary/aromatic N) is 4. The second kappa shape index (κ2) is 9.03. The highest BCUT2D eigenvalue weighted by Gasteiger charge is 2.37. The largest absolute Gasteiger partial charge is 0.380 e. The standard InChI is InChI=1S/C23H31N5O3S/c1-14-26-19-12-25-22-18(9-10-24-22)20(19)21(27-14)15-5-7-16(8-6-15)23(32(29)30)28-11-3-4-17(13-28)31-2/h9-10,12,15-17,23,32H,3-8,11,13H2,1-2H3,(H,24,25). The molecule has 2 aliphatic rings. The minimum atomic E-state index is -2.52. The Kier molecular flexibility index (Phi) is 6.14. The predicted molar refractivity (Wildman–Crippen MR) is 124 cm³/mol. The van der Waals surface area contributed by atoms with Gasteiger partial charge in [0.05, 0.1) is 23.5 Å². The predicted octanol–water partition coefficient (Wildman–Crippen LogP) is 3.14. The second-order valence-corrected chi connectivity index (χ2v) is 10.3. The van der Waals surface area contributed by atoms with E-state index < -0.39 is 16.1 Å². The van der Waals surface area contributed by atoms with Crippen molar-refractivity contribution in [2.75, 3.05) is 20.2 Å². The molecule has 1 aliphatic carbocycles. The Bertz CT molecular complexity index is 1180. The van der Waals surface area contributed by atoms with Crippen molar-refractivity contribution < 1.29 is 13.2 Å². The molecule has 0 bridgehead atoms. The third-order valence-corrected chi connectivity index (χ3v) is 8.48. The Morgan fingerprint density at radius 3 is 2.75 bits per heavy atom. The Morgan fingerprint density at radius 2 is 2.00 bits per heavy atom. The molecule has 1 N–H and O–H groups in total. The molecule has 3 aromatic rings. The highest BCUT2D eigenvalue weighted by atomic mass is 32.2. The van der Waals surface area contributed by atoms with Gasteiger partial charge in [0.25, 0.3) is 0 Å². The lowest BCUT2D eigenvalue weighted by Gasteiger charge is -2.40. The number of pyridine rings is 1. The molecule has 0 amide bonds. The number of aromatic amines is 1. The lowest BCUT2D eigenvalue weighted by atomic mass is 9.79. The van der Waals surface area contributed by atoms with Crippen LogP contribution in [0.1, 0.15) is 56.0 Å². The van der Waals surface area contributed by atoms with E-state index in [9.17, 15) is 8.42 Å². The number of methoxy groups -OCH3 is 1. The van der Waals surface area contributed by atoms with Crippen LogP contribution in [0.25, 0.3) is 21.9 Å². The van der Waals surface area contributed by atoms with Gasteiger partial charge in [-0.15, -0.1) is 0 Å². The lowest BCUT2D eigenvalue weighted by molar-refractivity contribution is 0.0156. The van der Waals surface area contributed by atoms with Gasteiger partial charge in [0.2, 0.25) is 0 Å². The van der Waals surface area contributed by atoms with E-state index in [1.165, 1.54) is 0 Å². The zero-order chi connectivity index (χ0) is 22.2. The number of H-pyrrole nitrogens is 1. The summed E-state index contributed by atoms with van der Waals surface area (Å²) in [6.45, 7) is 3.47. The van der Waals surface area contributed by atoms with Gasteiger partial charge in [0.1, 0.15) is 16.8 Å². The molecule has 0 aromatic carbocycles. The van der Waals surface area contributed by atoms with Crippen molar-refractivity contribution >= 4 is 32.6 Å². The summed E-state index contributed by atoms with van der Waals surface area (Å²) in [4.78, 5) is 19.3. The number of ether oxygens (including phenoxy) is 1. The van der Waals surface area contributed by atoms with Crippen LogP contribution in [0, 0.1) is 12.8 Å². The molecule has 2 atom stereocenters. The number of rotatable bonds is 5. The van der Waals surface area contributed by atoms with Crippen molar-refractivity contribution in [3.05, 3.63) is 30.0 Å². The molecule has 0 radical (unpaired) electrons. The summed E-state index contributed by atoms with van der Waals surface area (Å²) in [7, 11) is -0.802. The highest BCUT2D eigenvalue weighted by Crippen LogP contribution is 2.41. The molecule has 0 spiro atoms. The molecule has 9 heteroatoms. The minimum Gasteiger partial charge on any atom is -0.380 e. The monoisotopic (exact) mass is 457 g/mol. The van der Waals surface area contributed by atoms with E-state index in [1.807, 2.05) is 25.4 Å². The number of nitrogens with one attached hydrogen (secondary N) is 1. The lowest BCUT2D eigenvalue weighted by Crippen LogP contribution is -2.49. The molecule has 5 rings (SSSR count). The normalized spacial score (nSPS) is 26.2. The third-order valence-electron chi connectivity index (χ3n) is 7.30. The number of hydrogen-bond acceptors (Lipinski definition) is 7. The molecule has 4 heterocycles. The number of fused-ring (bicyclic) bond motifs is 3. The summed E-state index contributed by atoms with van der Waals surface area (Å²) in [6.07, 6.45) is 9.49. The molecule has 1 saturated heterocycles. The highest BCUT2D eigenvalue weighted by molar-refractivity contribution is 7.73. The minimum absolute atomic E-state index is 0.130. The van der Waals surface area contributed by atoms with E-state index in [4.69, 9.17) is 9.72 Å². The zero-order valence-electron chi connectivity index (χ0n) is 18.7. The van der Waals surface area contributed by atoms with Gasteiger partial charge in [0.15, 0.2) is 10.7 Å². The van der Waals surface area contributed by atoms with Gasteiger partial charge >= 0.3 is 0 Å². The van der Waals surface area contributed by atoms with Crippen molar-refractivity contribution in [1.29, 1.82) is 0 Å². The molecule has 2 fully saturated rings. The summed E-state index contributed by atoms with van der Waals surface area (Å²) in [5.74, 6) is 1.21. The Hall–Kier alpha value is -2.10. The van der Waals surface area contributed by atoms with E-state index in [0.29, 0.717) is 12.5 Å². The molecular weight excluding hydrogens is 426 g/mol. The fourth-order valence-corrected chi connectivity index (χ4v) is 6.89. The van der Waals surface area contributed by atoms with Crippen molar-refractivity contribution in [2.24, 2.45) is 5.92 Å². The Morgan fingerprint density at radius 1 is 1.19 bits per heavy atom. The van der Waals surface area contributed by atoms with E-state index >= 15 is 0 Å². The average molecular weight is 458 g/mol. The van der Waals surface area contributed by atoms with Crippen LogP contribution >= 0.6 is 0 Å². The maximum atomic E-state index is 12.3. The van der Waals surface area contributed by atoms with Crippen LogP contribution in [-0.2, 0) is 15.4 Å². The SMILES string of the molecule is COC1CCCN(C(C2CCC(c3nc(C)nc4cnc5[nH]ccc5c34)CC2)[SH](=O)=O)C1.